The molecule has 0 aliphatic carbocycles. The second-order valence-corrected chi connectivity index (χ2v) is 6.29. The lowest BCUT2D eigenvalue weighted by atomic mass is 10.2. The fraction of sp³-hybridized carbons (Fsp3) is 0.231. The van der Waals surface area contributed by atoms with Crippen LogP contribution in [0, 0.1) is 0 Å². The first kappa shape index (κ1) is 13.1. The average molecular weight is 331 g/mol. The predicted molar refractivity (Wildman–Crippen MR) is 78.6 cm³/mol. The quantitative estimate of drug-likeness (QED) is 0.778. The molecule has 0 spiro atoms. The Morgan fingerprint density at radius 3 is 2.76 bits per heavy atom. The van der Waals surface area contributed by atoms with E-state index in [0.29, 0.717) is 0 Å². The van der Waals surface area contributed by atoms with E-state index < -0.39 is 0 Å². The SMILES string of the molecule is CN(Cc1cccc(Cl)c1)Cc1sccc1Br. The monoisotopic (exact) mass is 329 g/mol. The van der Waals surface area contributed by atoms with Crippen molar-refractivity contribution >= 4 is 38.9 Å². The molecule has 0 aliphatic rings. The fourth-order valence-electron chi connectivity index (χ4n) is 1.69. The van der Waals surface area contributed by atoms with Gasteiger partial charge in [-0.3, -0.25) is 4.90 Å². The van der Waals surface area contributed by atoms with Crippen molar-refractivity contribution < 1.29 is 0 Å². The van der Waals surface area contributed by atoms with E-state index in [1.165, 1.54) is 14.9 Å². The molecule has 1 aromatic carbocycles. The van der Waals surface area contributed by atoms with Crippen molar-refractivity contribution in [3.05, 3.63) is 55.6 Å². The van der Waals surface area contributed by atoms with Gasteiger partial charge in [-0.1, -0.05) is 23.7 Å². The third-order valence-electron chi connectivity index (χ3n) is 2.45. The average Bonchev–Trinajstić information content (AvgIpc) is 2.64. The zero-order chi connectivity index (χ0) is 12.3. The van der Waals surface area contributed by atoms with Gasteiger partial charge in [-0.15, -0.1) is 11.3 Å². The molecule has 0 N–H and O–H groups in total. The number of thiophene rings is 1. The number of rotatable bonds is 4. The van der Waals surface area contributed by atoms with E-state index in [-0.39, 0.29) is 0 Å². The predicted octanol–water partition coefficient (Wildman–Crippen LogP) is 4.80. The molecule has 0 fully saturated rings. The van der Waals surface area contributed by atoms with Crippen LogP contribution in [-0.4, -0.2) is 11.9 Å². The molecule has 1 heterocycles. The lowest BCUT2D eigenvalue weighted by Crippen LogP contribution is -2.16. The van der Waals surface area contributed by atoms with E-state index in [1.807, 2.05) is 18.2 Å². The van der Waals surface area contributed by atoms with Crippen molar-refractivity contribution in [2.75, 3.05) is 7.05 Å². The highest BCUT2D eigenvalue weighted by molar-refractivity contribution is 9.10. The summed E-state index contributed by atoms with van der Waals surface area (Å²) in [4.78, 5) is 3.64. The summed E-state index contributed by atoms with van der Waals surface area (Å²) in [7, 11) is 2.12. The van der Waals surface area contributed by atoms with E-state index in [9.17, 15) is 0 Å². The number of nitrogens with zero attached hydrogens (tertiary/aromatic N) is 1. The van der Waals surface area contributed by atoms with Crippen LogP contribution in [0.1, 0.15) is 10.4 Å². The van der Waals surface area contributed by atoms with Crippen LogP contribution in [-0.2, 0) is 13.1 Å². The van der Waals surface area contributed by atoms with Crippen molar-refractivity contribution in [2.24, 2.45) is 0 Å². The van der Waals surface area contributed by atoms with Gasteiger partial charge in [0.05, 0.1) is 0 Å². The first-order valence-corrected chi connectivity index (χ1v) is 7.35. The maximum atomic E-state index is 5.97. The van der Waals surface area contributed by atoms with Gasteiger partial charge in [-0.25, -0.2) is 0 Å². The summed E-state index contributed by atoms with van der Waals surface area (Å²) in [6, 6.07) is 10.1. The normalized spacial score (nSPS) is 11.1. The summed E-state index contributed by atoms with van der Waals surface area (Å²) in [6.07, 6.45) is 0. The van der Waals surface area contributed by atoms with E-state index in [2.05, 4.69) is 45.4 Å². The second-order valence-electron chi connectivity index (χ2n) is 3.99. The van der Waals surface area contributed by atoms with E-state index in [4.69, 9.17) is 11.6 Å². The first-order valence-electron chi connectivity index (χ1n) is 5.30. The number of benzene rings is 1. The Kier molecular flexibility index (Phi) is 4.62. The van der Waals surface area contributed by atoms with Gasteiger partial charge in [0.25, 0.3) is 0 Å². The Bertz CT molecular complexity index is 498. The van der Waals surface area contributed by atoms with Gasteiger partial charge in [0.15, 0.2) is 0 Å². The summed E-state index contributed by atoms with van der Waals surface area (Å²) in [5, 5.41) is 2.90. The molecule has 0 bridgehead atoms. The van der Waals surface area contributed by atoms with Gasteiger partial charge < -0.3 is 0 Å². The van der Waals surface area contributed by atoms with Crippen LogP contribution in [0.15, 0.2) is 40.2 Å². The minimum atomic E-state index is 0.799. The number of hydrogen-bond acceptors (Lipinski definition) is 2. The Morgan fingerprint density at radius 2 is 2.12 bits per heavy atom. The standard InChI is InChI=1S/C13H13BrClNS/c1-16(9-13-12(14)5-6-17-13)8-10-3-2-4-11(15)7-10/h2-7H,8-9H2,1H3. The van der Waals surface area contributed by atoms with Gasteiger partial charge in [0.1, 0.15) is 0 Å². The molecule has 0 amide bonds. The molecule has 0 aliphatic heterocycles. The van der Waals surface area contributed by atoms with E-state index >= 15 is 0 Å². The zero-order valence-corrected chi connectivity index (χ0v) is 12.6. The Hall–Kier alpha value is -0.350. The van der Waals surface area contributed by atoms with Crippen LogP contribution in [0.25, 0.3) is 0 Å². The third kappa shape index (κ3) is 3.81. The minimum absolute atomic E-state index is 0.799. The minimum Gasteiger partial charge on any atom is -0.297 e. The molecule has 0 atom stereocenters. The van der Waals surface area contributed by atoms with Crippen molar-refractivity contribution in [3.63, 3.8) is 0 Å². The summed E-state index contributed by atoms with van der Waals surface area (Å²) >= 11 is 11.3. The van der Waals surface area contributed by atoms with Gasteiger partial charge in [0, 0.05) is 27.5 Å². The molecule has 2 aromatic rings. The highest BCUT2D eigenvalue weighted by Gasteiger charge is 2.06. The van der Waals surface area contributed by atoms with E-state index in [0.717, 1.165) is 18.1 Å². The van der Waals surface area contributed by atoms with Crippen LogP contribution in [0.2, 0.25) is 5.02 Å². The first-order chi connectivity index (χ1) is 8.15. The Morgan fingerprint density at radius 1 is 1.29 bits per heavy atom. The maximum absolute atomic E-state index is 5.97. The molecule has 90 valence electrons. The maximum Gasteiger partial charge on any atom is 0.0409 e. The molecule has 0 saturated carbocycles. The summed E-state index contributed by atoms with van der Waals surface area (Å²) in [5.41, 5.74) is 1.24. The molecule has 0 radical (unpaired) electrons. The topological polar surface area (TPSA) is 3.24 Å². The molecule has 0 saturated heterocycles. The molecule has 0 unspecified atom stereocenters. The summed E-state index contributed by atoms with van der Waals surface area (Å²) < 4.78 is 1.19. The van der Waals surface area contributed by atoms with Crippen molar-refractivity contribution in [3.8, 4) is 0 Å². The highest BCUT2D eigenvalue weighted by atomic mass is 79.9. The lowest BCUT2D eigenvalue weighted by molar-refractivity contribution is 0.321. The summed E-state index contributed by atoms with van der Waals surface area (Å²) in [5.74, 6) is 0. The number of halogens is 2. The van der Waals surface area contributed by atoms with Gasteiger partial charge in [0.2, 0.25) is 0 Å². The molecule has 1 aromatic heterocycles. The van der Waals surface area contributed by atoms with Crippen molar-refractivity contribution in [1.29, 1.82) is 0 Å². The zero-order valence-electron chi connectivity index (χ0n) is 9.49. The lowest BCUT2D eigenvalue weighted by Gasteiger charge is -2.16. The van der Waals surface area contributed by atoms with Gasteiger partial charge >= 0.3 is 0 Å². The van der Waals surface area contributed by atoms with Gasteiger partial charge in [-0.05, 0) is 52.1 Å². The molecule has 1 nitrogen and oxygen atoms in total. The van der Waals surface area contributed by atoms with Crippen LogP contribution in [0.5, 0.6) is 0 Å². The van der Waals surface area contributed by atoms with Crippen LogP contribution in [0.4, 0.5) is 0 Å². The molecule has 17 heavy (non-hydrogen) atoms. The fourth-order valence-corrected chi connectivity index (χ4v) is 3.46. The van der Waals surface area contributed by atoms with Gasteiger partial charge in [-0.2, -0.15) is 0 Å². The molecule has 2 rings (SSSR count). The summed E-state index contributed by atoms with van der Waals surface area (Å²) in [6.45, 7) is 1.86. The number of hydrogen-bond donors (Lipinski definition) is 0. The largest absolute Gasteiger partial charge is 0.297 e. The molecular weight excluding hydrogens is 318 g/mol. The smallest absolute Gasteiger partial charge is 0.0409 e. The molecular formula is C13H13BrClNS. The highest BCUT2D eigenvalue weighted by Crippen LogP contribution is 2.24. The third-order valence-corrected chi connectivity index (χ3v) is 4.59. The van der Waals surface area contributed by atoms with E-state index in [1.54, 1.807) is 11.3 Å². The van der Waals surface area contributed by atoms with Crippen molar-refractivity contribution in [1.82, 2.24) is 4.90 Å². The second kappa shape index (κ2) is 6.01. The van der Waals surface area contributed by atoms with Crippen molar-refractivity contribution in [2.45, 2.75) is 13.1 Å². The van der Waals surface area contributed by atoms with Crippen LogP contribution < -0.4 is 0 Å². The Balaban J connectivity index is 1.98. The van der Waals surface area contributed by atoms with Crippen LogP contribution >= 0.6 is 38.9 Å². The molecule has 4 heteroatoms. The Labute approximate surface area is 119 Å². The van der Waals surface area contributed by atoms with Crippen LogP contribution in [0.3, 0.4) is 0 Å².